The molecule has 0 aliphatic heterocycles. The molecule has 110 valence electrons. The number of anilines is 1. The molecule has 3 aromatic heterocycles. The molecule has 3 heterocycles. The highest BCUT2D eigenvalue weighted by Crippen LogP contribution is 2.19. The summed E-state index contributed by atoms with van der Waals surface area (Å²) in [7, 11) is 0. The number of rotatable bonds is 5. The number of hydrogen-bond acceptors (Lipinski definition) is 8. The summed E-state index contributed by atoms with van der Waals surface area (Å²) in [4.78, 5) is 16.8. The van der Waals surface area contributed by atoms with E-state index in [-0.39, 0.29) is 0 Å². The number of nitrogens with zero attached hydrogens (tertiary/aromatic N) is 5. The van der Waals surface area contributed by atoms with Gasteiger partial charge in [-0.3, -0.25) is 0 Å². The lowest BCUT2D eigenvalue weighted by molar-refractivity contribution is 0.359. The third kappa shape index (κ3) is 2.99. The summed E-state index contributed by atoms with van der Waals surface area (Å²) in [6, 6.07) is 0. The van der Waals surface area contributed by atoms with Crippen LogP contribution < -0.4 is 5.32 Å². The third-order valence-corrected chi connectivity index (χ3v) is 2.81. The highest BCUT2D eigenvalue weighted by molar-refractivity contribution is 5.80. The second-order valence-corrected chi connectivity index (χ2v) is 5.16. The predicted molar refractivity (Wildman–Crippen MR) is 74.5 cm³/mol. The second kappa shape index (κ2) is 5.47. The molecule has 3 aromatic rings. The topological polar surface area (TPSA) is 103 Å². The van der Waals surface area contributed by atoms with Gasteiger partial charge in [0.1, 0.15) is 6.33 Å². The van der Waals surface area contributed by atoms with Crippen LogP contribution in [-0.2, 0) is 13.0 Å². The average Bonchev–Trinajstić information content (AvgIpc) is 3.01. The van der Waals surface area contributed by atoms with Crippen LogP contribution in [0.2, 0.25) is 0 Å². The molecule has 0 aliphatic rings. The third-order valence-electron chi connectivity index (χ3n) is 2.81. The van der Waals surface area contributed by atoms with Crippen molar-refractivity contribution < 1.29 is 8.94 Å². The Morgan fingerprint density at radius 3 is 2.90 bits per heavy atom. The molecule has 3 rings (SSSR count). The van der Waals surface area contributed by atoms with E-state index in [0.29, 0.717) is 47.1 Å². The van der Waals surface area contributed by atoms with Crippen molar-refractivity contribution >= 4 is 17.0 Å². The first-order valence-corrected chi connectivity index (χ1v) is 6.75. The molecular weight excluding hydrogens is 272 g/mol. The molecule has 1 N–H and O–H groups in total. The van der Waals surface area contributed by atoms with Gasteiger partial charge in [-0.25, -0.2) is 9.97 Å². The molecule has 0 fully saturated rings. The van der Waals surface area contributed by atoms with Gasteiger partial charge in [0.05, 0.1) is 6.54 Å². The van der Waals surface area contributed by atoms with E-state index in [1.807, 2.05) is 0 Å². The van der Waals surface area contributed by atoms with Gasteiger partial charge in [0.25, 0.3) is 5.71 Å². The lowest BCUT2D eigenvalue weighted by Crippen LogP contribution is -2.04. The average molecular weight is 288 g/mol. The summed E-state index contributed by atoms with van der Waals surface area (Å²) in [5.74, 6) is 2.84. The molecule has 0 amide bonds. The van der Waals surface area contributed by atoms with E-state index in [2.05, 4.69) is 44.3 Å². The summed E-state index contributed by atoms with van der Waals surface area (Å²) in [6.45, 7) is 6.38. The highest BCUT2D eigenvalue weighted by Gasteiger charge is 2.12. The van der Waals surface area contributed by atoms with E-state index in [9.17, 15) is 0 Å². The van der Waals surface area contributed by atoms with Crippen molar-refractivity contribution in [1.82, 2.24) is 25.1 Å². The number of nitrogens with one attached hydrogen (secondary N) is 1. The molecule has 8 heteroatoms. The maximum absolute atomic E-state index is 5.36. The first-order chi connectivity index (χ1) is 10.1. The van der Waals surface area contributed by atoms with E-state index in [1.54, 1.807) is 6.92 Å². The Bertz CT molecular complexity index is 748. The quantitative estimate of drug-likeness (QED) is 0.761. The summed E-state index contributed by atoms with van der Waals surface area (Å²) >= 11 is 0. The van der Waals surface area contributed by atoms with Crippen LogP contribution in [0.4, 0.5) is 5.82 Å². The van der Waals surface area contributed by atoms with E-state index < -0.39 is 0 Å². The van der Waals surface area contributed by atoms with Crippen molar-refractivity contribution in [3.8, 4) is 0 Å². The molecule has 0 aromatic carbocycles. The largest absolute Gasteiger partial charge is 0.422 e. The Morgan fingerprint density at radius 2 is 2.10 bits per heavy atom. The molecule has 0 bridgehead atoms. The van der Waals surface area contributed by atoms with Gasteiger partial charge in [0.2, 0.25) is 5.89 Å². The minimum atomic E-state index is 0.402. The minimum absolute atomic E-state index is 0.402. The lowest BCUT2D eigenvalue weighted by Gasteiger charge is -2.01. The second-order valence-electron chi connectivity index (χ2n) is 5.16. The van der Waals surface area contributed by atoms with Gasteiger partial charge in [0.15, 0.2) is 23.0 Å². The van der Waals surface area contributed by atoms with Crippen LogP contribution in [-0.4, -0.2) is 25.1 Å². The fourth-order valence-electron chi connectivity index (χ4n) is 1.94. The zero-order valence-electron chi connectivity index (χ0n) is 12.1. The predicted octanol–water partition coefficient (Wildman–Crippen LogP) is 2.12. The first-order valence-electron chi connectivity index (χ1n) is 6.75. The molecule has 0 saturated carbocycles. The van der Waals surface area contributed by atoms with Gasteiger partial charge >= 0.3 is 0 Å². The van der Waals surface area contributed by atoms with Gasteiger partial charge in [-0.1, -0.05) is 19.0 Å². The number of fused-ring (bicyclic) bond motifs is 1. The number of hydrogen-bond donors (Lipinski definition) is 1. The van der Waals surface area contributed by atoms with Crippen molar-refractivity contribution in [3.05, 3.63) is 23.9 Å². The van der Waals surface area contributed by atoms with Crippen LogP contribution in [0, 0.1) is 12.8 Å². The van der Waals surface area contributed by atoms with Crippen LogP contribution in [0.3, 0.4) is 0 Å². The Hall–Kier alpha value is -2.51. The Morgan fingerprint density at radius 1 is 1.24 bits per heavy atom. The number of aromatic nitrogens is 5. The molecule has 8 nitrogen and oxygen atoms in total. The van der Waals surface area contributed by atoms with E-state index in [4.69, 9.17) is 8.94 Å². The Labute approximate surface area is 121 Å². The Kier molecular flexibility index (Phi) is 3.51. The molecule has 0 unspecified atom stereocenters. The zero-order chi connectivity index (χ0) is 14.8. The van der Waals surface area contributed by atoms with Crippen LogP contribution in [0.5, 0.6) is 0 Å². The monoisotopic (exact) mass is 288 g/mol. The summed E-state index contributed by atoms with van der Waals surface area (Å²) in [5, 5.41) is 7.06. The fourth-order valence-corrected chi connectivity index (χ4v) is 1.94. The van der Waals surface area contributed by atoms with Crippen molar-refractivity contribution in [1.29, 1.82) is 0 Å². The summed E-state index contributed by atoms with van der Waals surface area (Å²) in [6.07, 6.45) is 2.20. The van der Waals surface area contributed by atoms with Crippen molar-refractivity contribution in [2.24, 2.45) is 5.92 Å². The number of oxazole rings is 1. The van der Waals surface area contributed by atoms with Crippen molar-refractivity contribution in [2.45, 2.75) is 33.7 Å². The SMILES string of the molecule is Cc1nc2c(NCc3noc(CC(C)C)n3)ncnc2o1. The molecule has 0 aliphatic carbocycles. The molecule has 0 spiro atoms. The minimum Gasteiger partial charge on any atom is -0.422 e. The Balaban J connectivity index is 1.73. The van der Waals surface area contributed by atoms with Gasteiger partial charge in [-0.2, -0.15) is 9.97 Å². The normalized spacial score (nSPS) is 11.4. The molecular formula is C13H16N6O2. The lowest BCUT2D eigenvalue weighted by atomic mass is 10.1. The summed E-state index contributed by atoms with van der Waals surface area (Å²) in [5.41, 5.74) is 1.06. The standard InChI is InChI=1S/C13H16N6O2/c1-7(2)4-10-18-9(19-21-10)5-14-12-11-13(16-6-15-12)20-8(3)17-11/h6-7H,4-5H2,1-3H3,(H,14,15,16). The van der Waals surface area contributed by atoms with Gasteiger partial charge in [0, 0.05) is 13.3 Å². The van der Waals surface area contributed by atoms with Crippen molar-refractivity contribution in [2.75, 3.05) is 5.32 Å². The first kappa shape index (κ1) is 13.5. The number of aryl methyl sites for hydroxylation is 1. The molecule has 0 atom stereocenters. The molecule has 0 radical (unpaired) electrons. The van der Waals surface area contributed by atoms with Gasteiger partial charge in [-0.15, -0.1) is 0 Å². The van der Waals surface area contributed by atoms with Crippen LogP contribution in [0.1, 0.15) is 31.5 Å². The zero-order valence-corrected chi connectivity index (χ0v) is 12.1. The highest BCUT2D eigenvalue weighted by atomic mass is 16.5. The van der Waals surface area contributed by atoms with E-state index >= 15 is 0 Å². The summed E-state index contributed by atoms with van der Waals surface area (Å²) < 4.78 is 10.5. The van der Waals surface area contributed by atoms with Crippen LogP contribution >= 0.6 is 0 Å². The fraction of sp³-hybridized carbons (Fsp3) is 0.462. The van der Waals surface area contributed by atoms with Crippen LogP contribution in [0.25, 0.3) is 11.2 Å². The maximum atomic E-state index is 5.36. The van der Waals surface area contributed by atoms with E-state index in [0.717, 1.165) is 6.42 Å². The van der Waals surface area contributed by atoms with Gasteiger partial charge in [-0.05, 0) is 5.92 Å². The smallest absolute Gasteiger partial charge is 0.252 e. The molecule has 0 saturated heterocycles. The van der Waals surface area contributed by atoms with E-state index in [1.165, 1.54) is 6.33 Å². The van der Waals surface area contributed by atoms with Gasteiger partial charge < -0.3 is 14.3 Å². The van der Waals surface area contributed by atoms with Crippen molar-refractivity contribution in [3.63, 3.8) is 0 Å². The molecule has 21 heavy (non-hydrogen) atoms. The maximum Gasteiger partial charge on any atom is 0.252 e. The van der Waals surface area contributed by atoms with Crippen LogP contribution in [0.15, 0.2) is 15.3 Å².